The molecule has 3 saturated heterocycles. The van der Waals surface area contributed by atoms with Crippen molar-refractivity contribution in [2.24, 2.45) is 5.92 Å². The van der Waals surface area contributed by atoms with Crippen molar-refractivity contribution in [1.29, 1.82) is 0 Å². The van der Waals surface area contributed by atoms with E-state index in [4.69, 9.17) is 4.74 Å². The Morgan fingerprint density at radius 2 is 1.70 bits per heavy atom. The fourth-order valence-corrected chi connectivity index (χ4v) is 8.41. The van der Waals surface area contributed by atoms with E-state index in [1.165, 1.54) is 12.1 Å². The van der Waals surface area contributed by atoms with E-state index in [1.54, 1.807) is 21.9 Å². The van der Waals surface area contributed by atoms with Crippen LogP contribution in [-0.4, -0.2) is 98.9 Å². The summed E-state index contributed by atoms with van der Waals surface area (Å²) in [7, 11) is 0. The maximum atomic E-state index is 13.4. The van der Waals surface area contributed by atoms with Gasteiger partial charge in [-0.3, -0.25) is 14.5 Å². The molecule has 0 radical (unpaired) electrons. The molecule has 8 rings (SSSR count). The van der Waals surface area contributed by atoms with Crippen LogP contribution >= 0.6 is 0 Å². The molecular weight excluding hydrogens is 723 g/mol. The van der Waals surface area contributed by atoms with Gasteiger partial charge in [-0.2, -0.15) is 0 Å². The number of nitrogens with zero attached hydrogens (tertiary/aromatic N) is 3. The molecule has 3 fully saturated rings. The van der Waals surface area contributed by atoms with Crippen LogP contribution < -0.4 is 15.6 Å². The number of carbonyl (C=O) groups is 2. The van der Waals surface area contributed by atoms with Crippen LogP contribution in [0.15, 0.2) is 108 Å². The lowest BCUT2D eigenvalue weighted by molar-refractivity contribution is -0.000814. The number of piperidine rings is 3. The number of aromatic amines is 1. The molecule has 1 aromatic heterocycles. The zero-order valence-electron chi connectivity index (χ0n) is 32.2. The Hall–Kier alpha value is -5.69. The number of aromatic hydroxyl groups is 1. The topological polar surface area (TPSA) is 159 Å². The second kappa shape index (κ2) is 18.1. The van der Waals surface area contributed by atoms with Crippen molar-refractivity contribution < 1.29 is 29.6 Å². The van der Waals surface area contributed by atoms with Gasteiger partial charge in [-0.25, -0.2) is 4.79 Å². The normalized spacial score (nSPS) is 18.5. The minimum Gasteiger partial charge on any atom is -0.506 e. The molecule has 3 aliphatic rings. The Morgan fingerprint density at radius 1 is 0.947 bits per heavy atom. The Bertz CT molecular complexity index is 2200. The van der Waals surface area contributed by atoms with E-state index in [0.717, 1.165) is 49.2 Å². The summed E-state index contributed by atoms with van der Waals surface area (Å²) in [5, 5.41) is 35.5. The number of hydrogen-bond acceptors (Lipinski definition) is 8. The van der Waals surface area contributed by atoms with Gasteiger partial charge in [0.2, 0.25) is 5.56 Å². The molecule has 298 valence electrons. The van der Waals surface area contributed by atoms with Crippen LogP contribution in [0, 0.1) is 5.92 Å². The zero-order valence-corrected chi connectivity index (χ0v) is 32.2. The second-order valence-electron chi connectivity index (χ2n) is 15.0. The van der Waals surface area contributed by atoms with Crippen molar-refractivity contribution in [3.8, 4) is 11.5 Å². The Kier molecular flexibility index (Phi) is 12.5. The van der Waals surface area contributed by atoms with Gasteiger partial charge in [-0.1, -0.05) is 60.7 Å². The molecule has 12 nitrogen and oxygen atoms in total. The first kappa shape index (κ1) is 39.5. The largest absolute Gasteiger partial charge is 0.506 e. The first-order valence-corrected chi connectivity index (χ1v) is 19.8. The molecule has 2 amide bonds. The fourth-order valence-electron chi connectivity index (χ4n) is 8.41. The number of hydrogen-bond donors (Lipinski definition) is 5. The second-order valence-corrected chi connectivity index (χ2v) is 15.0. The van der Waals surface area contributed by atoms with Crippen LogP contribution in [0.4, 0.5) is 4.79 Å². The molecular formula is C45H51N5O7. The number of aromatic nitrogens is 1. The number of pyridine rings is 1. The third kappa shape index (κ3) is 9.15. The van der Waals surface area contributed by atoms with Gasteiger partial charge in [-0.15, -0.1) is 0 Å². The van der Waals surface area contributed by atoms with E-state index in [9.17, 15) is 29.7 Å². The molecule has 4 heterocycles. The minimum absolute atomic E-state index is 0.0562. The number of aliphatic hydroxyl groups is 1. The molecule has 3 aliphatic heterocycles. The van der Waals surface area contributed by atoms with Gasteiger partial charge in [0.25, 0.3) is 5.91 Å². The highest BCUT2D eigenvalue weighted by molar-refractivity contribution is 5.94. The fraction of sp³-hybridized carbons (Fsp3) is 0.356. The van der Waals surface area contributed by atoms with Gasteiger partial charge in [0.05, 0.1) is 23.7 Å². The van der Waals surface area contributed by atoms with E-state index >= 15 is 0 Å². The predicted molar refractivity (Wildman–Crippen MR) is 219 cm³/mol. The number of rotatable bonds is 16. The number of carbonyl (C=O) groups excluding carboxylic acids is 1. The highest BCUT2D eigenvalue weighted by Gasteiger charge is 2.43. The summed E-state index contributed by atoms with van der Waals surface area (Å²) >= 11 is 0. The lowest BCUT2D eigenvalue weighted by Crippen LogP contribution is -2.59. The van der Waals surface area contributed by atoms with Gasteiger partial charge in [0, 0.05) is 43.2 Å². The number of nitrogens with one attached hydrogen (secondary N) is 2. The number of phenols is 1. The molecule has 5 aromatic rings. The van der Waals surface area contributed by atoms with Crippen molar-refractivity contribution in [3.05, 3.63) is 141 Å². The van der Waals surface area contributed by atoms with E-state index in [-0.39, 0.29) is 36.4 Å². The van der Waals surface area contributed by atoms with Crippen LogP contribution in [-0.2, 0) is 6.61 Å². The molecule has 5 N–H and O–H groups in total. The Balaban J connectivity index is 0.934. The van der Waals surface area contributed by atoms with Crippen molar-refractivity contribution in [3.63, 3.8) is 0 Å². The van der Waals surface area contributed by atoms with Gasteiger partial charge >= 0.3 is 6.09 Å². The molecule has 2 bridgehead atoms. The molecule has 0 saturated carbocycles. The average Bonchev–Trinajstić information content (AvgIpc) is 3.24. The third-order valence-corrected chi connectivity index (χ3v) is 11.4. The van der Waals surface area contributed by atoms with E-state index < -0.39 is 18.2 Å². The summed E-state index contributed by atoms with van der Waals surface area (Å²) in [6, 6.07) is 30.5. The Morgan fingerprint density at radius 3 is 2.40 bits per heavy atom. The molecule has 4 aromatic carbocycles. The maximum absolute atomic E-state index is 13.4. The first-order valence-electron chi connectivity index (χ1n) is 19.8. The summed E-state index contributed by atoms with van der Waals surface area (Å²) in [6.45, 7) is 6.95. The van der Waals surface area contributed by atoms with Gasteiger partial charge in [-0.05, 0) is 110 Å². The maximum Gasteiger partial charge on any atom is 0.408 e. The molecule has 3 atom stereocenters. The molecule has 57 heavy (non-hydrogen) atoms. The van der Waals surface area contributed by atoms with Crippen molar-refractivity contribution in [2.45, 2.75) is 51.0 Å². The Labute approximate surface area is 332 Å². The van der Waals surface area contributed by atoms with Gasteiger partial charge < -0.3 is 40.2 Å². The van der Waals surface area contributed by atoms with Gasteiger partial charge in [0.15, 0.2) is 0 Å². The van der Waals surface area contributed by atoms with Crippen LogP contribution in [0.1, 0.15) is 70.9 Å². The summed E-state index contributed by atoms with van der Waals surface area (Å²) in [6.07, 6.45) is 0.924. The molecule has 0 spiro atoms. The number of amides is 2. The highest BCUT2D eigenvalue weighted by Crippen LogP contribution is 2.39. The molecule has 3 unspecified atom stereocenters. The highest BCUT2D eigenvalue weighted by atomic mass is 16.5. The third-order valence-electron chi connectivity index (χ3n) is 11.4. The standard InChI is InChI=1S/C45H51N5O7/c1-2-49(23-7-22-46-27-40(52)36-16-18-39(51)42-37(36)17-19-41(53)47-42)44(54)33-14-12-30(13-15-33)29-57-35-11-6-10-34(26-35)43(32-8-4-3-5-9-32)50(45(55)56)38-28-48-24-20-31(38)21-25-48/h3-6,8-19,26,31,38,40,43,46,51-52H,2,7,20-25,27-29H2,1H3,(H,47,53)(H,55,56). The number of aliphatic hydroxyl groups excluding tert-OH is 1. The number of carboxylic acid groups (broad SMARTS) is 1. The lowest BCUT2D eigenvalue weighted by Gasteiger charge is -2.50. The summed E-state index contributed by atoms with van der Waals surface area (Å²) in [5.74, 6) is 0.854. The number of H-pyrrole nitrogens is 1. The van der Waals surface area contributed by atoms with Crippen molar-refractivity contribution in [2.75, 3.05) is 45.8 Å². The monoisotopic (exact) mass is 773 g/mol. The first-order chi connectivity index (χ1) is 27.7. The predicted octanol–water partition coefficient (Wildman–Crippen LogP) is 6.15. The van der Waals surface area contributed by atoms with Crippen molar-refractivity contribution in [1.82, 2.24) is 25.0 Å². The van der Waals surface area contributed by atoms with E-state index in [1.807, 2.05) is 85.8 Å². The van der Waals surface area contributed by atoms with E-state index in [0.29, 0.717) is 59.8 Å². The zero-order chi connectivity index (χ0) is 39.9. The van der Waals surface area contributed by atoms with Crippen LogP contribution in [0.5, 0.6) is 11.5 Å². The smallest absolute Gasteiger partial charge is 0.408 e. The SMILES string of the molecule is CCN(CCCNCC(O)c1ccc(O)c2[nH]c(=O)ccc12)C(=O)c1ccc(COc2cccc(C(c3ccccc3)N(C(=O)O)C3CN4CCC3CC4)c2)cc1. The minimum atomic E-state index is -0.918. The number of phenolic OH excluding ortho intramolecular Hbond substituents is 1. The number of fused-ring (bicyclic) bond motifs is 4. The number of ether oxygens (including phenoxy) is 1. The van der Waals surface area contributed by atoms with Crippen molar-refractivity contribution >= 4 is 22.9 Å². The summed E-state index contributed by atoms with van der Waals surface area (Å²) in [5.41, 5.74) is 3.81. The lowest BCUT2D eigenvalue weighted by atomic mass is 9.81. The van der Waals surface area contributed by atoms with Crippen LogP contribution in [0.3, 0.4) is 0 Å². The molecule has 0 aliphatic carbocycles. The van der Waals surface area contributed by atoms with E-state index in [2.05, 4.69) is 15.2 Å². The van der Waals surface area contributed by atoms with Gasteiger partial charge in [0.1, 0.15) is 18.1 Å². The number of benzene rings is 4. The summed E-state index contributed by atoms with van der Waals surface area (Å²) < 4.78 is 6.26. The van der Waals surface area contributed by atoms with Crippen LogP contribution in [0.2, 0.25) is 0 Å². The summed E-state index contributed by atoms with van der Waals surface area (Å²) in [4.78, 5) is 46.6. The quantitative estimate of drug-likeness (QED) is 0.0742. The molecule has 12 heteroatoms. The average molecular weight is 774 g/mol. The van der Waals surface area contributed by atoms with Crippen LogP contribution in [0.25, 0.3) is 10.9 Å².